The minimum Gasteiger partial charge on any atom is -0.497 e. The number of aryl methyl sites for hydroxylation is 1. The lowest BCUT2D eigenvalue weighted by molar-refractivity contribution is 0.00755. The number of methoxy groups -OCH3 is 1. The quantitative estimate of drug-likeness (QED) is 0.355. The molecule has 0 unspecified atom stereocenters. The number of hydrogen-bond acceptors (Lipinski definition) is 5. The second kappa shape index (κ2) is 11.5. The molecule has 7 nitrogen and oxygen atoms in total. The van der Waals surface area contributed by atoms with Crippen LogP contribution in [0.1, 0.15) is 37.6 Å². The summed E-state index contributed by atoms with van der Waals surface area (Å²) in [5.41, 5.74) is 0.877. The molecule has 0 aliphatic heterocycles. The average Bonchev–Trinajstić information content (AvgIpc) is 2.81. The molecular weight excluding hydrogens is 487 g/mol. The third-order valence-electron chi connectivity index (χ3n) is 5.18. The van der Waals surface area contributed by atoms with E-state index in [0.29, 0.717) is 23.6 Å². The summed E-state index contributed by atoms with van der Waals surface area (Å²) >= 11 is 6.38. The molecule has 0 N–H and O–H groups in total. The van der Waals surface area contributed by atoms with Gasteiger partial charge in [-0.25, -0.2) is 9.18 Å². The van der Waals surface area contributed by atoms with Gasteiger partial charge in [-0.15, -0.1) is 0 Å². The number of aromatic nitrogens is 1. The molecule has 36 heavy (non-hydrogen) atoms. The number of benzene rings is 2. The van der Waals surface area contributed by atoms with Gasteiger partial charge in [-0.2, -0.15) is 0 Å². The Balaban J connectivity index is 1.82. The Morgan fingerprint density at radius 1 is 1.08 bits per heavy atom. The second-order valence-corrected chi connectivity index (χ2v) is 9.67. The Labute approximate surface area is 215 Å². The van der Waals surface area contributed by atoms with Gasteiger partial charge in [0.2, 0.25) is 0 Å². The summed E-state index contributed by atoms with van der Waals surface area (Å²) in [6, 6.07) is 14.9. The van der Waals surface area contributed by atoms with Crippen molar-refractivity contribution >= 4 is 17.7 Å². The lowest BCUT2D eigenvalue weighted by atomic mass is 10.2. The molecule has 1 amide bonds. The topological polar surface area (TPSA) is 70.0 Å². The maximum absolute atomic E-state index is 13.7. The van der Waals surface area contributed by atoms with Crippen LogP contribution in [0.25, 0.3) is 0 Å². The van der Waals surface area contributed by atoms with Gasteiger partial charge in [0.1, 0.15) is 27.9 Å². The van der Waals surface area contributed by atoms with Gasteiger partial charge in [-0.3, -0.25) is 9.69 Å². The fraction of sp³-hybridized carbons (Fsp3) is 0.333. The summed E-state index contributed by atoms with van der Waals surface area (Å²) in [6.45, 7) is 7.08. The molecule has 0 saturated carbocycles. The van der Waals surface area contributed by atoms with E-state index in [2.05, 4.69) is 0 Å². The minimum atomic E-state index is -0.744. The van der Waals surface area contributed by atoms with Crippen LogP contribution in [0.5, 0.6) is 11.5 Å². The molecule has 0 spiro atoms. The molecule has 192 valence electrons. The highest BCUT2D eigenvalue weighted by atomic mass is 35.5. The Morgan fingerprint density at radius 2 is 1.78 bits per heavy atom. The predicted octanol–water partition coefficient (Wildman–Crippen LogP) is 5.78. The van der Waals surface area contributed by atoms with Gasteiger partial charge in [-0.1, -0.05) is 35.9 Å². The van der Waals surface area contributed by atoms with Gasteiger partial charge < -0.3 is 18.8 Å². The molecule has 0 fully saturated rings. The van der Waals surface area contributed by atoms with Gasteiger partial charge in [0, 0.05) is 11.8 Å². The maximum atomic E-state index is 13.7. The molecule has 1 aromatic heterocycles. The fourth-order valence-corrected chi connectivity index (χ4v) is 3.67. The molecule has 0 saturated heterocycles. The van der Waals surface area contributed by atoms with Crippen molar-refractivity contribution in [3.63, 3.8) is 0 Å². The van der Waals surface area contributed by atoms with Crippen molar-refractivity contribution in [3.8, 4) is 11.5 Å². The Bertz CT molecular complexity index is 1290. The zero-order valence-corrected chi connectivity index (χ0v) is 21.8. The van der Waals surface area contributed by atoms with Crippen LogP contribution in [0.2, 0.25) is 5.02 Å². The second-order valence-electron chi connectivity index (χ2n) is 9.29. The molecule has 9 heteroatoms. The number of hydrogen-bond donors (Lipinski definition) is 0. The van der Waals surface area contributed by atoms with E-state index in [1.165, 1.54) is 21.6 Å². The van der Waals surface area contributed by atoms with Crippen LogP contribution in [0, 0.1) is 12.7 Å². The molecule has 2 aromatic carbocycles. The van der Waals surface area contributed by atoms with Crippen molar-refractivity contribution in [2.45, 2.75) is 46.4 Å². The van der Waals surface area contributed by atoms with Crippen molar-refractivity contribution < 1.29 is 23.4 Å². The first-order chi connectivity index (χ1) is 17.0. The van der Waals surface area contributed by atoms with Crippen molar-refractivity contribution in [2.75, 3.05) is 13.8 Å². The number of nitrogens with zero attached hydrogens (tertiary/aromatic N) is 2. The number of rotatable bonds is 8. The van der Waals surface area contributed by atoms with Crippen molar-refractivity contribution in [1.82, 2.24) is 9.47 Å². The molecule has 0 bridgehead atoms. The predicted molar refractivity (Wildman–Crippen MR) is 136 cm³/mol. The summed E-state index contributed by atoms with van der Waals surface area (Å²) in [6.07, 6.45) is -0.647. The van der Waals surface area contributed by atoms with Crippen molar-refractivity contribution in [3.05, 3.63) is 92.6 Å². The number of carbonyl (C=O) groups excluding carboxylic acids is 1. The number of halogens is 2. The zero-order valence-electron chi connectivity index (χ0n) is 21.0. The van der Waals surface area contributed by atoms with Gasteiger partial charge in [-0.05, 0) is 63.1 Å². The Kier molecular flexibility index (Phi) is 8.63. The molecular formula is C27H30ClFN2O5. The first-order valence-corrected chi connectivity index (χ1v) is 11.7. The highest BCUT2D eigenvalue weighted by Gasteiger charge is 2.24. The SMILES string of the molecule is COc1cccc(Cn2c(C)cc(OCN(Cc3cccc(F)c3)C(=O)OC(C)(C)C)c(Cl)c2=O)c1. The molecule has 0 atom stereocenters. The molecule has 1 heterocycles. The molecule has 3 rings (SSSR count). The van der Waals surface area contributed by atoms with E-state index in [0.717, 1.165) is 5.56 Å². The van der Waals surface area contributed by atoms with E-state index < -0.39 is 23.1 Å². The van der Waals surface area contributed by atoms with Crippen molar-refractivity contribution in [2.24, 2.45) is 0 Å². The van der Waals surface area contributed by atoms with Crippen LogP contribution < -0.4 is 15.0 Å². The highest BCUT2D eigenvalue weighted by molar-refractivity contribution is 6.31. The van der Waals surface area contributed by atoms with E-state index in [1.807, 2.05) is 24.3 Å². The highest BCUT2D eigenvalue weighted by Crippen LogP contribution is 2.24. The van der Waals surface area contributed by atoms with Crippen LogP contribution in [0.4, 0.5) is 9.18 Å². The van der Waals surface area contributed by atoms with Gasteiger partial charge in [0.15, 0.2) is 6.73 Å². The average molecular weight is 517 g/mol. The first kappa shape index (κ1) is 27.1. The lowest BCUT2D eigenvalue weighted by Crippen LogP contribution is -2.39. The third-order valence-corrected chi connectivity index (χ3v) is 5.53. The van der Waals surface area contributed by atoms with E-state index >= 15 is 0 Å². The van der Waals surface area contributed by atoms with E-state index in [-0.39, 0.29) is 24.0 Å². The smallest absolute Gasteiger partial charge is 0.413 e. The number of amides is 1. The zero-order chi connectivity index (χ0) is 26.5. The van der Waals surface area contributed by atoms with Crippen molar-refractivity contribution in [1.29, 1.82) is 0 Å². The Hall–Kier alpha value is -3.52. The summed E-state index contributed by atoms with van der Waals surface area (Å²) in [5, 5.41) is -0.113. The van der Waals surface area contributed by atoms with E-state index in [4.69, 9.17) is 25.8 Å². The van der Waals surface area contributed by atoms with E-state index in [1.54, 1.807) is 53.0 Å². The number of carbonyl (C=O) groups is 1. The molecule has 0 radical (unpaired) electrons. The molecule has 3 aromatic rings. The third kappa shape index (κ3) is 7.24. The summed E-state index contributed by atoms with van der Waals surface area (Å²) in [7, 11) is 1.58. The largest absolute Gasteiger partial charge is 0.497 e. The number of pyridine rings is 1. The van der Waals surface area contributed by atoms with Gasteiger partial charge in [0.05, 0.1) is 20.2 Å². The number of ether oxygens (including phenoxy) is 3. The monoisotopic (exact) mass is 516 g/mol. The van der Waals surface area contributed by atoms with Crippen LogP contribution in [-0.2, 0) is 17.8 Å². The minimum absolute atomic E-state index is 0.0379. The first-order valence-electron chi connectivity index (χ1n) is 11.3. The van der Waals surface area contributed by atoms with Gasteiger partial charge in [0.25, 0.3) is 5.56 Å². The summed E-state index contributed by atoms with van der Waals surface area (Å²) in [5.74, 6) is 0.398. The Morgan fingerprint density at radius 3 is 2.44 bits per heavy atom. The van der Waals surface area contributed by atoms with Crippen LogP contribution in [0.15, 0.2) is 59.4 Å². The standard InChI is InChI=1S/C27H30ClFN2O5/c1-18-12-23(24(28)25(32)31(18)16-20-9-7-11-22(14-20)34-5)35-17-30(26(33)36-27(2,3)4)15-19-8-6-10-21(29)13-19/h6-14H,15-17H2,1-5H3. The summed E-state index contributed by atoms with van der Waals surface area (Å²) in [4.78, 5) is 27.1. The molecule has 0 aliphatic carbocycles. The fourth-order valence-electron chi connectivity index (χ4n) is 3.46. The van der Waals surface area contributed by atoms with Gasteiger partial charge >= 0.3 is 6.09 Å². The molecule has 0 aliphatic rings. The van der Waals surface area contributed by atoms with Crippen LogP contribution >= 0.6 is 11.6 Å². The normalized spacial score (nSPS) is 11.2. The van der Waals surface area contributed by atoms with Crippen LogP contribution in [0.3, 0.4) is 0 Å². The van der Waals surface area contributed by atoms with E-state index in [9.17, 15) is 14.0 Å². The maximum Gasteiger partial charge on any atom is 0.413 e. The lowest BCUT2D eigenvalue weighted by Gasteiger charge is -2.27. The summed E-state index contributed by atoms with van der Waals surface area (Å²) < 4.78 is 31.8. The van der Waals surface area contributed by atoms with Crippen LogP contribution in [-0.4, -0.2) is 35.0 Å².